The van der Waals surface area contributed by atoms with E-state index in [2.05, 4.69) is 20.3 Å². The van der Waals surface area contributed by atoms with Gasteiger partial charge in [0.25, 0.3) is 5.69 Å². The number of nitrogens with one attached hydrogen (secondary N) is 2. The first kappa shape index (κ1) is 13.9. The molecule has 1 aromatic carbocycles. The summed E-state index contributed by atoms with van der Waals surface area (Å²) in [6, 6.07) is 11.8. The van der Waals surface area contributed by atoms with Gasteiger partial charge in [-0.3, -0.25) is 15.2 Å². The van der Waals surface area contributed by atoms with E-state index < -0.39 is 4.92 Å². The maximum atomic E-state index is 10.8. The van der Waals surface area contributed by atoms with Crippen LogP contribution in [0.3, 0.4) is 0 Å². The maximum Gasteiger partial charge on any atom is 0.269 e. The molecule has 4 rings (SSSR count). The van der Waals surface area contributed by atoms with Gasteiger partial charge in [-0.25, -0.2) is 0 Å². The molecule has 3 aromatic heterocycles. The summed E-state index contributed by atoms with van der Waals surface area (Å²) < 4.78 is 5.36. The molecule has 2 N–H and O–H groups in total. The zero-order chi connectivity index (χ0) is 16.5. The third kappa shape index (κ3) is 2.35. The van der Waals surface area contributed by atoms with Gasteiger partial charge < -0.3 is 9.51 Å². The Bertz CT molecular complexity index is 983. The second kappa shape index (κ2) is 5.51. The number of nitro benzene ring substituents is 1. The Morgan fingerprint density at radius 3 is 2.71 bits per heavy atom. The molecule has 0 fully saturated rings. The Labute approximate surface area is 135 Å². The molecule has 0 spiro atoms. The Morgan fingerprint density at radius 2 is 2.00 bits per heavy atom. The van der Waals surface area contributed by atoms with Crippen LogP contribution in [-0.4, -0.2) is 25.3 Å². The Kier molecular flexibility index (Phi) is 3.20. The molecule has 118 valence electrons. The SMILES string of the molecule is O=[N+]([O-])c1ccc(-c2cn[nH]c2-c2cc(-c3ccc[nH]3)on2)cc1. The molecule has 24 heavy (non-hydrogen) atoms. The third-order valence-electron chi connectivity index (χ3n) is 3.66. The number of H-pyrrole nitrogens is 2. The van der Waals surface area contributed by atoms with Crippen LogP contribution in [0.2, 0.25) is 0 Å². The molecule has 3 heterocycles. The van der Waals surface area contributed by atoms with Crippen LogP contribution < -0.4 is 0 Å². The highest BCUT2D eigenvalue weighted by molar-refractivity contribution is 5.80. The highest BCUT2D eigenvalue weighted by atomic mass is 16.6. The number of rotatable bonds is 4. The first-order valence-corrected chi connectivity index (χ1v) is 7.11. The van der Waals surface area contributed by atoms with Gasteiger partial charge in [0, 0.05) is 30.0 Å². The molecule has 4 aromatic rings. The summed E-state index contributed by atoms with van der Waals surface area (Å²) in [7, 11) is 0. The van der Waals surface area contributed by atoms with Crippen molar-refractivity contribution < 1.29 is 9.45 Å². The average Bonchev–Trinajstić information content (AvgIpc) is 3.33. The minimum Gasteiger partial charge on any atom is -0.359 e. The van der Waals surface area contributed by atoms with Crippen molar-refractivity contribution in [1.29, 1.82) is 0 Å². The van der Waals surface area contributed by atoms with Crippen molar-refractivity contribution >= 4 is 5.69 Å². The quantitative estimate of drug-likeness (QED) is 0.440. The van der Waals surface area contributed by atoms with Crippen LogP contribution in [0.4, 0.5) is 5.69 Å². The Morgan fingerprint density at radius 1 is 1.17 bits per heavy atom. The van der Waals surface area contributed by atoms with Crippen molar-refractivity contribution in [3.8, 4) is 34.0 Å². The predicted octanol–water partition coefficient (Wildman–Crippen LogP) is 3.64. The largest absolute Gasteiger partial charge is 0.359 e. The van der Waals surface area contributed by atoms with Gasteiger partial charge in [-0.05, 0) is 29.8 Å². The van der Waals surface area contributed by atoms with E-state index in [1.807, 2.05) is 12.1 Å². The van der Waals surface area contributed by atoms with Crippen LogP contribution in [0.1, 0.15) is 0 Å². The smallest absolute Gasteiger partial charge is 0.269 e. The van der Waals surface area contributed by atoms with Crippen LogP contribution in [0.25, 0.3) is 34.0 Å². The summed E-state index contributed by atoms with van der Waals surface area (Å²) in [4.78, 5) is 13.4. The van der Waals surface area contributed by atoms with E-state index in [4.69, 9.17) is 4.52 Å². The average molecular weight is 321 g/mol. The zero-order valence-electron chi connectivity index (χ0n) is 12.3. The van der Waals surface area contributed by atoms with Gasteiger partial charge in [0.2, 0.25) is 0 Å². The number of hydrogen-bond acceptors (Lipinski definition) is 5. The highest BCUT2D eigenvalue weighted by Crippen LogP contribution is 2.32. The number of nitro groups is 1. The third-order valence-corrected chi connectivity index (χ3v) is 3.66. The molecule has 8 heteroatoms. The number of aromatic amines is 2. The van der Waals surface area contributed by atoms with Gasteiger partial charge in [-0.2, -0.15) is 5.10 Å². The monoisotopic (exact) mass is 321 g/mol. The van der Waals surface area contributed by atoms with Gasteiger partial charge in [0.05, 0.1) is 22.5 Å². The highest BCUT2D eigenvalue weighted by Gasteiger charge is 2.16. The van der Waals surface area contributed by atoms with Gasteiger partial charge in [-0.15, -0.1) is 0 Å². The van der Waals surface area contributed by atoms with Crippen molar-refractivity contribution in [2.45, 2.75) is 0 Å². The first-order valence-electron chi connectivity index (χ1n) is 7.11. The van der Waals surface area contributed by atoms with Crippen molar-refractivity contribution in [3.63, 3.8) is 0 Å². The molecular formula is C16H11N5O3. The molecule has 8 nitrogen and oxygen atoms in total. The summed E-state index contributed by atoms with van der Waals surface area (Å²) in [5.41, 5.74) is 3.74. The van der Waals surface area contributed by atoms with E-state index in [9.17, 15) is 10.1 Å². The van der Waals surface area contributed by atoms with Gasteiger partial charge >= 0.3 is 0 Å². The van der Waals surface area contributed by atoms with Crippen molar-refractivity contribution in [1.82, 2.24) is 20.3 Å². The molecule has 0 saturated heterocycles. The normalized spacial score (nSPS) is 10.8. The van der Waals surface area contributed by atoms with Gasteiger partial charge in [0.15, 0.2) is 5.76 Å². The molecule has 0 amide bonds. The van der Waals surface area contributed by atoms with E-state index in [0.29, 0.717) is 17.1 Å². The predicted molar refractivity (Wildman–Crippen MR) is 86.0 cm³/mol. The molecule has 0 radical (unpaired) electrons. The summed E-state index contributed by atoms with van der Waals surface area (Å²) in [6.45, 7) is 0. The van der Waals surface area contributed by atoms with Gasteiger partial charge in [0.1, 0.15) is 5.69 Å². The van der Waals surface area contributed by atoms with E-state index in [1.54, 1.807) is 30.6 Å². The second-order valence-corrected chi connectivity index (χ2v) is 5.12. The topological polar surface area (TPSA) is 114 Å². The van der Waals surface area contributed by atoms with E-state index in [1.165, 1.54) is 12.1 Å². The molecule has 0 atom stereocenters. The van der Waals surface area contributed by atoms with Crippen LogP contribution in [0.15, 0.2) is 59.4 Å². The number of non-ortho nitro benzene ring substituents is 1. The summed E-state index contributed by atoms with van der Waals surface area (Å²) in [6.07, 6.45) is 3.45. The molecule has 0 aliphatic carbocycles. The maximum absolute atomic E-state index is 10.8. The number of hydrogen-bond donors (Lipinski definition) is 2. The number of aromatic nitrogens is 4. The van der Waals surface area contributed by atoms with Crippen molar-refractivity contribution in [3.05, 3.63) is 65.0 Å². The lowest BCUT2D eigenvalue weighted by molar-refractivity contribution is -0.384. The fourth-order valence-corrected chi connectivity index (χ4v) is 2.47. The van der Waals surface area contributed by atoms with Crippen LogP contribution in [0, 0.1) is 10.1 Å². The summed E-state index contributed by atoms with van der Waals surface area (Å²) in [5, 5.41) is 21.8. The summed E-state index contributed by atoms with van der Waals surface area (Å²) >= 11 is 0. The van der Waals surface area contributed by atoms with Crippen LogP contribution in [0.5, 0.6) is 0 Å². The second-order valence-electron chi connectivity index (χ2n) is 5.12. The van der Waals surface area contributed by atoms with E-state index >= 15 is 0 Å². The Balaban J connectivity index is 1.71. The van der Waals surface area contributed by atoms with Gasteiger partial charge in [-0.1, -0.05) is 5.16 Å². The minimum atomic E-state index is -0.430. The van der Waals surface area contributed by atoms with Crippen molar-refractivity contribution in [2.75, 3.05) is 0 Å². The van der Waals surface area contributed by atoms with Crippen LogP contribution in [-0.2, 0) is 0 Å². The number of benzene rings is 1. The van der Waals surface area contributed by atoms with Crippen molar-refractivity contribution in [2.24, 2.45) is 0 Å². The molecule has 0 aliphatic rings. The molecule has 0 bridgehead atoms. The molecular weight excluding hydrogens is 310 g/mol. The fourth-order valence-electron chi connectivity index (χ4n) is 2.47. The summed E-state index contributed by atoms with van der Waals surface area (Å²) in [5.74, 6) is 0.610. The molecule has 0 saturated carbocycles. The van der Waals surface area contributed by atoms with E-state index in [-0.39, 0.29) is 5.69 Å². The fraction of sp³-hybridized carbons (Fsp3) is 0. The first-order chi connectivity index (χ1) is 11.7. The zero-order valence-corrected chi connectivity index (χ0v) is 12.3. The lowest BCUT2D eigenvalue weighted by Gasteiger charge is -2.00. The van der Waals surface area contributed by atoms with E-state index in [0.717, 1.165) is 16.8 Å². The minimum absolute atomic E-state index is 0.0410. The lowest BCUT2D eigenvalue weighted by Crippen LogP contribution is -1.87. The van der Waals surface area contributed by atoms with Crippen LogP contribution >= 0.6 is 0 Å². The molecule has 0 aliphatic heterocycles. The lowest BCUT2D eigenvalue weighted by atomic mass is 10.0. The standard InChI is InChI=1S/C16H11N5O3/c22-21(23)11-5-3-10(4-6-11)12-9-18-19-16(12)14-8-15(24-20-14)13-2-1-7-17-13/h1-9,17H,(H,18,19). The molecule has 0 unspecified atom stereocenters. The number of nitrogens with zero attached hydrogens (tertiary/aromatic N) is 3. The Hall–Kier alpha value is -3.68.